The van der Waals surface area contributed by atoms with Gasteiger partial charge in [-0.2, -0.15) is 0 Å². The number of carbonyl (C=O) groups is 3. The standard InChI is InChI=1S/C21H20N4O3/c1-24-15-20(27)25(21(24)28)13-5-9-19(26)23-18-8-4-6-16(14-18)10-11-17-7-2-3-12-22-17/h2-4,6-8,12,14H,5,9,13,15H2,1H3,(H,23,26). The molecule has 0 radical (unpaired) electrons. The quantitative estimate of drug-likeness (QED) is 0.640. The molecule has 0 bridgehead atoms. The third-order valence-electron chi connectivity index (χ3n) is 4.16. The third-order valence-corrected chi connectivity index (χ3v) is 4.16. The molecule has 7 nitrogen and oxygen atoms in total. The van der Waals surface area contributed by atoms with Crippen LogP contribution in [0.25, 0.3) is 0 Å². The van der Waals surface area contributed by atoms with Crippen molar-refractivity contribution in [3.63, 3.8) is 0 Å². The van der Waals surface area contributed by atoms with Crippen LogP contribution in [-0.4, -0.2) is 52.8 Å². The number of imide groups is 1. The van der Waals surface area contributed by atoms with E-state index in [-0.39, 0.29) is 37.4 Å². The molecular formula is C21H20N4O3. The van der Waals surface area contributed by atoms with Crippen LogP contribution >= 0.6 is 0 Å². The molecule has 0 saturated carbocycles. The van der Waals surface area contributed by atoms with Gasteiger partial charge in [-0.05, 0) is 42.7 Å². The first kappa shape index (κ1) is 19.1. The van der Waals surface area contributed by atoms with Crippen LogP contribution in [0.2, 0.25) is 0 Å². The van der Waals surface area contributed by atoms with Crippen LogP contribution in [0.3, 0.4) is 0 Å². The highest BCUT2D eigenvalue weighted by Gasteiger charge is 2.32. The summed E-state index contributed by atoms with van der Waals surface area (Å²) in [5.74, 6) is 5.58. The van der Waals surface area contributed by atoms with Gasteiger partial charge in [0, 0.05) is 37.5 Å². The Bertz CT molecular complexity index is 947. The maximum atomic E-state index is 12.1. The van der Waals surface area contributed by atoms with E-state index < -0.39 is 0 Å². The third kappa shape index (κ3) is 4.95. The SMILES string of the molecule is CN1CC(=O)N(CCCC(=O)Nc2cccc(C#Cc3ccccn3)c2)C1=O. The molecule has 0 spiro atoms. The van der Waals surface area contributed by atoms with Gasteiger partial charge in [-0.25, -0.2) is 9.78 Å². The lowest BCUT2D eigenvalue weighted by Gasteiger charge is -2.13. The number of likely N-dealkylation sites (N-methyl/N-ethyl adjacent to an activating group) is 1. The van der Waals surface area contributed by atoms with Crippen molar-refractivity contribution >= 4 is 23.5 Å². The summed E-state index contributed by atoms with van der Waals surface area (Å²) in [5.41, 5.74) is 2.08. The van der Waals surface area contributed by atoms with Crippen LogP contribution in [0.1, 0.15) is 24.1 Å². The Kier molecular flexibility index (Phi) is 6.02. The van der Waals surface area contributed by atoms with E-state index in [1.165, 1.54) is 9.80 Å². The predicted molar refractivity (Wildman–Crippen MR) is 104 cm³/mol. The average Bonchev–Trinajstić information content (AvgIpc) is 2.93. The van der Waals surface area contributed by atoms with Crippen LogP contribution in [-0.2, 0) is 9.59 Å². The number of hydrogen-bond acceptors (Lipinski definition) is 4. The van der Waals surface area contributed by atoms with E-state index in [0.717, 1.165) is 5.56 Å². The van der Waals surface area contributed by atoms with E-state index in [1.54, 1.807) is 25.4 Å². The van der Waals surface area contributed by atoms with Crippen molar-refractivity contribution < 1.29 is 14.4 Å². The van der Waals surface area contributed by atoms with Crippen molar-refractivity contribution in [1.29, 1.82) is 0 Å². The van der Waals surface area contributed by atoms with E-state index in [4.69, 9.17) is 0 Å². The molecule has 2 heterocycles. The number of hydrogen-bond donors (Lipinski definition) is 1. The molecule has 1 aliphatic rings. The molecule has 1 aromatic heterocycles. The van der Waals surface area contributed by atoms with E-state index >= 15 is 0 Å². The van der Waals surface area contributed by atoms with Crippen molar-refractivity contribution in [2.75, 3.05) is 25.5 Å². The number of nitrogens with zero attached hydrogens (tertiary/aromatic N) is 3. The maximum absolute atomic E-state index is 12.1. The predicted octanol–water partition coefficient (Wildman–Crippen LogP) is 2.09. The van der Waals surface area contributed by atoms with Gasteiger partial charge in [-0.1, -0.05) is 18.1 Å². The number of nitrogens with one attached hydrogen (secondary N) is 1. The number of rotatable bonds is 5. The van der Waals surface area contributed by atoms with E-state index in [2.05, 4.69) is 22.1 Å². The molecule has 1 aliphatic heterocycles. The lowest BCUT2D eigenvalue weighted by atomic mass is 10.2. The zero-order valence-corrected chi connectivity index (χ0v) is 15.5. The van der Waals surface area contributed by atoms with E-state index in [1.807, 2.05) is 30.3 Å². The first-order valence-corrected chi connectivity index (χ1v) is 8.91. The van der Waals surface area contributed by atoms with Crippen molar-refractivity contribution in [2.45, 2.75) is 12.8 Å². The topological polar surface area (TPSA) is 82.6 Å². The summed E-state index contributed by atoms with van der Waals surface area (Å²) in [4.78, 5) is 42.3. The van der Waals surface area contributed by atoms with Crippen molar-refractivity contribution in [3.05, 3.63) is 59.9 Å². The van der Waals surface area contributed by atoms with Crippen molar-refractivity contribution in [3.8, 4) is 11.8 Å². The zero-order chi connectivity index (χ0) is 19.9. The van der Waals surface area contributed by atoms with Crippen LogP contribution in [0.5, 0.6) is 0 Å². The lowest BCUT2D eigenvalue weighted by molar-refractivity contribution is -0.125. The Morgan fingerprint density at radius 2 is 2.04 bits per heavy atom. The molecule has 1 saturated heterocycles. The fourth-order valence-corrected chi connectivity index (χ4v) is 2.76. The summed E-state index contributed by atoms with van der Waals surface area (Å²) in [6.45, 7) is 0.336. The largest absolute Gasteiger partial charge is 0.326 e. The zero-order valence-electron chi connectivity index (χ0n) is 15.5. The van der Waals surface area contributed by atoms with E-state index in [9.17, 15) is 14.4 Å². The smallest absolute Gasteiger partial charge is 0.326 e. The molecule has 4 amide bonds. The highest BCUT2D eigenvalue weighted by atomic mass is 16.2. The summed E-state index contributed by atoms with van der Waals surface area (Å²) in [6.07, 6.45) is 2.31. The minimum Gasteiger partial charge on any atom is -0.326 e. The van der Waals surface area contributed by atoms with Gasteiger partial charge in [0.1, 0.15) is 12.2 Å². The fraction of sp³-hybridized carbons (Fsp3) is 0.238. The second-order valence-corrected chi connectivity index (χ2v) is 6.38. The highest BCUT2D eigenvalue weighted by Crippen LogP contribution is 2.12. The van der Waals surface area contributed by atoms with Crippen LogP contribution < -0.4 is 5.32 Å². The number of pyridine rings is 1. The average molecular weight is 376 g/mol. The molecular weight excluding hydrogens is 356 g/mol. The molecule has 2 aromatic rings. The summed E-state index contributed by atoms with van der Waals surface area (Å²) in [7, 11) is 1.58. The molecule has 28 heavy (non-hydrogen) atoms. The normalized spacial score (nSPS) is 13.3. The lowest BCUT2D eigenvalue weighted by Crippen LogP contribution is -2.32. The molecule has 1 fully saturated rings. The fourth-order valence-electron chi connectivity index (χ4n) is 2.76. The molecule has 1 N–H and O–H groups in total. The first-order valence-electron chi connectivity index (χ1n) is 8.91. The maximum Gasteiger partial charge on any atom is 0.326 e. The van der Waals surface area contributed by atoms with Gasteiger partial charge in [0.15, 0.2) is 0 Å². The van der Waals surface area contributed by atoms with Gasteiger partial charge in [0.05, 0.1) is 0 Å². The number of urea groups is 1. The monoisotopic (exact) mass is 376 g/mol. The molecule has 1 aromatic carbocycles. The number of anilines is 1. The van der Waals surface area contributed by atoms with Crippen molar-refractivity contribution in [1.82, 2.24) is 14.8 Å². The van der Waals surface area contributed by atoms with E-state index in [0.29, 0.717) is 17.8 Å². The molecule has 142 valence electrons. The minimum absolute atomic E-state index is 0.0946. The van der Waals surface area contributed by atoms with Gasteiger partial charge in [-0.3, -0.25) is 14.5 Å². The second kappa shape index (κ2) is 8.82. The Labute approximate surface area is 163 Å². The Hall–Kier alpha value is -3.66. The molecule has 0 aliphatic carbocycles. The number of benzene rings is 1. The van der Waals surface area contributed by atoms with Gasteiger partial charge in [-0.15, -0.1) is 0 Å². The first-order chi connectivity index (χ1) is 13.5. The highest BCUT2D eigenvalue weighted by molar-refractivity contribution is 6.01. The second-order valence-electron chi connectivity index (χ2n) is 6.38. The Morgan fingerprint density at radius 3 is 2.75 bits per heavy atom. The van der Waals surface area contributed by atoms with Gasteiger partial charge < -0.3 is 10.2 Å². The van der Waals surface area contributed by atoms with Gasteiger partial charge >= 0.3 is 6.03 Å². The number of carbonyl (C=O) groups excluding carboxylic acids is 3. The van der Waals surface area contributed by atoms with Gasteiger partial charge in [0.25, 0.3) is 0 Å². The molecule has 7 heteroatoms. The Morgan fingerprint density at radius 1 is 1.18 bits per heavy atom. The minimum atomic E-state index is -0.315. The molecule has 3 rings (SSSR count). The van der Waals surface area contributed by atoms with Crippen LogP contribution in [0.4, 0.5) is 10.5 Å². The van der Waals surface area contributed by atoms with Crippen LogP contribution in [0.15, 0.2) is 48.7 Å². The summed E-state index contributed by atoms with van der Waals surface area (Å²) in [5, 5.41) is 2.82. The summed E-state index contributed by atoms with van der Waals surface area (Å²) in [6, 6.07) is 12.4. The summed E-state index contributed by atoms with van der Waals surface area (Å²) >= 11 is 0. The molecule has 0 unspecified atom stereocenters. The Balaban J connectivity index is 1.51. The van der Waals surface area contributed by atoms with Gasteiger partial charge in [0.2, 0.25) is 11.8 Å². The number of aromatic nitrogens is 1. The van der Waals surface area contributed by atoms with Crippen molar-refractivity contribution in [2.24, 2.45) is 0 Å². The molecule has 0 atom stereocenters. The summed E-state index contributed by atoms with van der Waals surface area (Å²) < 4.78 is 0. The number of amides is 4. The van der Waals surface area contributed by atoms with Crippen LogP contribution in [0, 0.1) is 11.8 Å².